The molecule has 0 amide bonds. The van der Waals surface area contributed by atoms with E-state index in [2.05, 4.69) is 42.9 Å². The van der Waals surface area contributed by atoms with Crippen molar-refractivity contribution >= 4 is 37.6 Å². The monoisotopic (exact) mass is 379 g/mol. The summed E-state index contributed by atoms with van der Waals surface area (Å²) in [6, 6.07) is 9.65. The maximum atomic E-state index is 12.7. The molecule has 0 N–H and O–H groups in total. The molecule has 0 saturated carbocycles. The Hall–Kier alpha value is -1.00. The van der Waals surface area contributed by atoms with Crippen LogP contribution in [0.4, 0.5) is 0 Å². The first kappa shape index (κ1) is 13.0. The minimum absolute atomic E-state index is 0.103. The second-order valence-corrected chi connectivity index (χ2v) is 6.40. The molecule has 96 valence electrons. The van der Waals surface area contributed by atoms with Crippen molar-refractivity contribution in [1.82, 2.24) is 4.98 Å². The van der Waals surface area contributed by atoms with Gasteiger partial charge in [0.05, 0.1) is 11.6 Å². The first-order valence-corrected chi connectivity index (χ1v) is 7.68. The average molecular weight is 381 g/mol. The minimum Gasteiger partial charge on any atom is -0.293 e. The van der Waals surface area contributed by atoms with Crippen LogP contribution in [0.3, 0.4) is 0 Å². The van der Waals surface area contributed by atoms with Crippen LogP contribution in [0, 0.1) is 0 Å². The minimum atomic E-state index is -0.103. The van der Waals surface area contributed by atoms with Crippen LogP contribution in [0.15, 0.2) is 45.5 Å². The number of hydrogen-bond donors (Lipinski definition) is 0. The quantitative estimate of drug-likeness (QED) is 0.717. The molecule has 0 radical (unpaired) electrons. The number of rotatable bonds is 2. The third-order valence-corrected chi connectivity index (χ3v) is 4.62. The van der Waals surface area contributed by atoms with Gasteiger partial charge < -0.3 is 0 Å². The van der Waals surface area contributed by atoms with E-state index in [1.54, 1.807) is 6.20 Å². The van der Waals surface area contributed by atoms with Crippen LogP contribution in [0.5, 0.6) is 0 Å². The molecule has 1 heterocycles. The Balaban J connectivity index is 1.98. The lowest BCUT2D eigenvalue weighted by Gasteiger charge is -2.11. The molecule has 1 aliphatic rings. The van der Waals surface area contributed by atoms with Gasteiger partial charge >= 0.3 is 0 Å². The summed E-state index contributed by atoms with van der Waals surface area (Å²) in [4.78, 5) is 17.0. The van der Waals surface area contributed by atoms with Crippen molar-refractivity contribution in [3.63, 3.8) is 0 Å². The maximum absolute atomic E-state index is 12.7. The summed E-state index contributed by atoms with van der Waals surface area (Å²) in [5.41, 5.74) is 2.88. The van der Waals surface area contributed by atoms with E-state index in [1.165, 1.54) is 5.56 Å². The molecule has 4 heteroatoms. The molecule has 0 saturated heterocycles. The molecule has 2 aromatic rings. The number of ketones is 1. The molecular formula is C15H11Br2NO. The molecule has 3 rings (SSSR count). The Bertz CT molecular complexity index is 654. The van der Waals surface area contributed by atoms with Gasteiger partial charge in [0.2, 0.25) is 0 Å². The lowest BCUT2D eigenvalue weighted by Crippen LogP contribution is -2.12. The number of aromatic nitrogens is 1. The number of fused-ring (bicyclic) bond motifs is 1. The zero-order chi connectivity index (χ0) is 13.4. The molecule has 0 bridgehead atoms. The first-order chi connectivity index (χ1) is 9.16. The highest BCUT2D eigenvalue weighted by Crippen LogP contribution is 2.35. The fourth-order valence-corrected chi connectivity index (χ4v) is 3.79. The standard InChI is InChI=1S/C15H11Br2NO/c16-10-4-6-11(13(17)8-10)15(19)12-5-3-9-2-1-7-18-14(9)12/h1-2,4,6-8,12H,3,5H2. The fourth-order valence-electron chi connectivity index (χ4n) is 2.54. The van der Waals surface area contributed by atoms with Crippen LogP contribution in [0.1, 0.15) is 34.0 Å². The Morgan fingerprint density at radius 2 is 2.11 bits per heavy atom. The molecule has 1 aliphatic carbocycles. The molecule has 0 aliphatic heterocycles. The zero-order valence-electron chi connectivity index (χ0n) is 10.1. The second kappa shape index (κ2) is 5.17. The van der Waals surface area contributed by atoms with Gasteiger partial charge in [0.1, 0.15) is 0 Å². The van der Waals surface area contributed by atoms with E-state index >= 15 is 0 Å². The maximum Gasteiger partial charge on any atom is 0.173 e. The summed E-state index contributed by atoms with van der Waals surface area (Å²) in [5, 5.41) is 0. The summed E-state index contributed by atoms with van der Waals surface area (Å²) in [7, 11) is 0. The molecule has 1 atom stereocenters. The fraction of sp³-hybridized carbons (Fsp3) is 0.200. The van der Waals surface area contributed by atoms with Crippen LogP contribution in [-0.2, 0) is 6.42 Å². The largest absolute Gasteiger partial charge is 0.293 e. The normalized spacial score (nSPS) is 17.3. The van der Waals surface area contributed by atoms with Crippen LogP contribution >= 0.6 is 31.9 Å². The van der Waals surface area contributed by atoms with E-state index in [0.717, 1.165) is 33.0 Å². The van der Waals surface area contributed by atoms with Gasteiger partial charge in [0, 0.05) is 20.7 Å². The van der Waals surface area contributed by atoms with Gasteiger partial charge in [-0.05, 0) is 42.7 Å². The van der Waals surface area contributed by atoms with Gasteiger partial charge in [-0.1, -0.05) is 37.9 Å². The highest BCUT2D eigenvalue weighted by atomic mass is 79.9. The van der Waals surface area contributed by atoms with E-state index in [0.29, 0.717) is 0 Å². The molecule has 1 aromatic heterocycles. The number of pyridine rings is 1. The number of benzene rings is 1. The molecule has 19 heavy (non-hydrogen) atoms. The van der Waals surface area contributed by atoms with Gasteiger partial charge in [-0.3, -0.25) is 9.78 Å². The highest BCUT2D eigenvalue weighted by Gasteiger charge is 2.31. The molecule has 0 spiro atoms. The van der Waals surface area contributed by atoms with Crippen LogP contribution in [0.25, 0.3) is 0 Å². The third-order valence-electron chi connectivity index (χ3n) is 3.47. The molecule has 1 aromatic carbocycles. The Morgan fingerprint density at radius 1 is 1.26 bits per heavy atom. The molecule has 1 unspecified atom stereocenters. The number of carbonyl (C=O) groups excluding carboxylic acids is 1. The van der Waals surface area contributed by atoms with Crippen LogP contribution in [0.2, 0.25) is 0 Å². The van der Waals surface area contributed by atoms with E-state index in [1.807, 2.05) is 24.3 Å². The Labute approximate surface area is 128 Å². The Kier molecular flexibility index (Phi) is 3.54. The molecule has 0 fully saturated rings. The van der Waals surface area contributed by atoms with Crippen molar-refractivity contribution in [2.24, 2.45) is 0 Å². The van der Waals surface area contributed by atoms with E-state index in [-0.39, 0.29) is 11.7 Å². The van der Waals surface area contributed by atoms with Gasteiger partial charge in [-0.25, -0.2) is 0 Å². The van der Waals surface area contributed by atoms with Crippen molar-refractivity contribution in [3.05, 3.63) is 62.3 Å². The summed E-state index contributed by atoms with van der Waals surface area (Å²) in [6.07, 6.45) is 3.56. The summed E-state index contributed by atoms with van der Waals surface area (Å²) in [5.74, 6) is 0.0468. The number of carbonyl (C=O) groups is 1. The number of aryl methyl sites for hydroxylation is 1. The van der Waals surface area contributed by atoms with Crippen molar-refractivity contribution in [3.8, 4) is 0 Å². The number of hydrogen-bond acceptors (Lipinski definition) is 2. The van der Waals surface area contributed by atoms with E-state index in [4.69, 9.17) is 0 Å². The Morgan fingerprint density at radius 3 is 2.89 bits per heavy atom. The van der Waals surface area contributed by atoms with E-state index in [9.17, 15) is 4.79 Å². The topological polar surface area (TPSA) is 30.0 Å². The number of halogens is 2. The van der Waals surface area contributed by atoms with Gasteiger partial charge in [-0.2, -0.15) is 0 Å². The predicted molar refractivity (Wildman–Crippen MR) is 81.5 cm³/mol. The smallest absolute Gasteiger partial charge is 0.173 e. The van der Waals surface area contributed by atoms with Crippen LogP contribution < -0.4 is 0 Å². The molecular weight excluding hydrogens is 370 g/mol. The highest BCUT2D eigenvalue weighted by molar-refractivity contribution is 9.11. The van der Waals surface area contributed by atoms with Gasteiger partial charge in [-0.15, -0.1) is 0 Å². The van der Waals surface area contributed by atoms with Gasteiger partial charge in [0.15, 0.2) is 5.78 Å². The summed E-state index contributed by atoms with van der Waals surface area (Å²) >= 11 is 6.86. The van der Waals surface area contributed by atoms with Crippen LogP contribution in [-0.4, -0.2) is 10.8 Å². The average Bonchev–Trinajstić information content (AvgIpc) is 2.82. The first-order valence-electron chi connectivity index (χ1n) is 6.10. The lowest BCUT2D eigenvalue weighted by atomic mass is 9.95. The van der Waals surface area contributed by atoms with Gasteiger partial charge in [0.25, 0.3) is 0 Å². The SMILES string of the molecule is O=C(c1ccc(Br)cc1Br)C1CCc2cccnc21. The summed E-state index contributed by atoms with van der Waals surface area (Å²) in [6.45, 7) is 0. The lowest BCUT2D eigenvalue weighted by molar-refractivity contribution is 0.0957. The van der Waals surface area contributed by atoms with Crippen molar-refractivity contribution in [2.75, 3.05) is 0 Å². The van der Waals surface area contributed by atoms with Crippen molar-refractivity contribution in [1.29, 1.82) is 0 Å². The summed E-state index contributed by atoms with van der Waals surface area (Å²) < 4.78 is 1.79. The number of nitrogens with zero attached hydrogens (tertiary/aromatic N) is 1. The zero-order valence-corrected chi connectivity index (χ0v) is 13.2. The predicted octanol–water partition coefficient (Wildman–Crippen LogP) is 4.52. The van der Waals surface area contributed by atoms with Crippen molar-refractivity contribution in [2.45, 2.75) is 18.8 Å². The second-order valence-electron chi connectivity index (χ2n) is 4.63. The van der Waals surface area contributed by atoms with E-state index < -0.39 is 0 Å². The molecule has 2 nitrogen and oxygen atoms in total. The third kappa shape index (κ3) is 2.39. The van der Waals surface area contributed by atoms with Crippen molar-refractivity contribution < 1.29 is 4.79 Å². The number of Topliss-reactive ketones (excluding diaryl/α,β-unsaturated/α-hetero) is 1.